The Kier molecular flexibility index (Phi) is 52.3. The zero-order valence-corrected chi connectivity index (χ0v) is 47.0. The van der Waals surface area contributed by atoms with E-state index in [1.807, 2.05) is 0 Å². The second-order valence-electron chi connectivity index (χ2n) is 19.4. The van der Waals surface area contributed by atoms with Gasteiger partial charge in [0.25, 0.3) is 0 Å². The number of phosphoric acid groups is 1. The van der Waals surface area contributed by atoms with Crippen LogP contribution >= 0.6 is 7.82 Å². The van der Waals surface area contributed by atoms with E-state index in [1.54, 1.807) is 0 Å². The Morgan fingerprint density at radius 1 is 0.403 bits per heavy atom. The van der Waals surface area contributed by atoms with E-state index in [0.717, 1.165) is 122 Å². The van der Waals surface area contributed by atoms with E-state index in [9.17, 15) is 28.9 Å². The summed E-state index contributed by atoms with van der Waals surface area (Å²) in [6.07, 6.45) is 58.9. The number of rotatable bonds is 54. The van der Waals surface area contributed by atoms with E-state index in [4.69, 9.17) is 23.3 Å². The minimum absolute atomic E-state index is 0.152. The molecular weight excluding hydrogens is 928 g/mol. The number of esters is 3. The second kappa shape index (κ2) is 54.4. The number of ether oxygens (including phenoxy) is 3. The van der Waals surface area contributed by atoms with Gasteiger partial charge in [0.15, 0.2) is 6.10 Å². The van der Waals surface area contributed by atoms with Crippen LogP contribution in [0.25, 0.3) is 0 Å². The van der Waals surface area contributed by atoms with Crippen LogP contribution < -0.4 is 0 Å². The lowest BCUT2D eigenvalue weighted by atomic mass is 10.0. The molecule has 0 rings (SSSR count). The van der Waals surface area contributed by atoms with Gasteiger partial charge < -0.3 is 24.2 Å². The van der Waals surface area contributed by atoms with Gasteiger partial charge in [0.05, 0.1) is 19.8 Å². The fraction of sp³-hybridized carbons (Fsp3) is 0.783. The summed E-state index contributed by atoms with van der Waals surface area (Å²) in [5.74, 6) is -1.48. The SMILES string of the molecule is CC/C=C\C/C=C\C/C=C\C/C=C\CCCCCCCCC(=O)OC(COC(=O)CCCCCCCCCCCCCCC)COP(=O)(O)OCC(CO)OC(=O)CCCCCCC/C=C\CCCCCC. The number of aliphatic hydroxyl groups excluding tert-OH is 1. The summed E-state index contributed by atoms with van der Waals surface area (Å²) in [6.45, 7) is 4.51. The monoisotopic (exact) mass is 1030 g/mol. The third-order valence-corrected chi connectivity index (χ3v) is 13.4. The lowest BCUT2D eigenvalue weighted by molar-refractivity contribution is -0.161. The van der Waals surface area contributed by atoms with Crippen molar-refractivity contribution < 1.29 is 52.2 Å². The van der Waals surface area contributed by atoms with Gasteiger partial charge in [-0.25, -0.2) is 4.57 Å². The fourth-order valence-corrected chi connectivity index (χ4v) is 8.77. The predicted molar refractivity (Wildman–Crippen MR) is 298 cm³/mol. The van der Waals surface area contributed by atoms with Gasteiger partial charge in [0.2, 0.25) is 0 Å². The molecule has 0 saturated heterocycles. The quantitative estimate of drug-likeness (QED) is 0.0197. The van der Waals surface area contributed by atoms with Crippen LogP contribution in [0.2, 0.25) is 0 Å². The molecular formula is C60H107O11P. The third-order valence-electron chi connectivity index (χ3n) is 12.4. The molecule has 0 radical (unpaired) electrons. The highest BCUT2D eigenvalue weighted by Crippen LogP contribution is 2.43. The number of unbranched alkanes of at least 4 members (excludes halogenated alkanes) is 27. The van der Waals surface area contributed by atoms with E-state index in [0.29, 0.717) is 19.3 Å². The minimum atomic E-state index is -4.75. The summed E-state index contributed by atoms with van der Waals surface area (Å²) in [4.78, 5) is 48.5. The first-order valence-corrected chi connectivity index (χ1v) is 30.7. The average Bonchev–Trinajstić information content (AvgIpc) is 3.37. The first-order chi connectivity index (χ1) is 35.2. The van der Waals surface area contributed by atoms with Crippen LogP contribution in [0.5, 0.6) is 0 Å². The van der Waals surface area contributed by atoms with Crippen molar-refractivity contribution in [3.63, 3.8) is 0 Å². The molecule has 0 saturated carbocycles. The number of carbonyl (C=O) groups is 3. The summed E-state index contributed by atoms with van der Waals surface area (Å²) in [5, 5.41) is 9.80. The van der Waals surface area contributed by atoms with Crippen molar-refractivity contribution >= 4 is 25.7 Å². The van der Waals surface area contributed by atoms with Gasteiger partial charge in [-0.1, -0.05) is 223 Å². The Bertz CT molecular complexity index is 1440. The van der Waals surface area contributed by atoms with E-state index >= 15 is 0 Å². The molecule has 2 N–H and O–H groups in total. The van der Waals surface area contributed by atoms with Crippen molar-refractivity contribution in [2.75, 3.05) is 26.4 Å². The molecule has 3 unspecified atom stereocenters. The Labute approximate surface area is 440 Å². The van der Waals surface area contributed by atoms with E-state index < -0.39 is 57.8 Å². The molecule has 0 fully saturated rings. The Hall–Kier alpha value is -2.82. The van der Waals surface area contributed by atoms with Crippen LogP contribution in [0.15, 0.2) is 60.8 Å². The largest absolute Gasteiger partial charge is 0.472 e. The molecule has 0 aromatic carbocycles. The molecule has 418 valence electrons. The van der Waals surface area contributed by atoms with E-state index in [1.165, 1.54) is 83.5 Å². The van der Waals surface area contributed by atoms with Crippen LogP contribution in [0, 0.1) is 0 Å². The molecule has 0 aliphatic heterocycles. The van der Waals surface area contributed by atoms with Crippen LogP contribution in [0.3, 0.4) is 0 Å². The number of phosphoric ester groups is 1. The van der Waals surface area contributed by atoms with Crippen molar-refractivity contribution in [1.82, 2.24) is 0 Å². The third kappa shape index (κ3) is 52.1. The zero-order chi connectivity index (χ0) is 52.7. The normalized spacial score (nSPS) is 13.8. The van der Waals surface area contributed by atoms with Crippen molar-refractivity contribution in [1.29, 1.82) is 0 Å². The zero-order valence-electron chi connectivity index (χ0n) is 46.1. The van der Waals surface area contributed by atoms with Crippen molar-refractivity contribution in [3.8, 4) is 0 Å². The highest BCUT2D eigenvalue weighted by molar-refractivity contribution is 7.47. The molecule has 0 aromatic heterocycles. The molecule has 0 aliphatic carbocycles. The summed E-state index contributed by atoms with van der Waals surface area (Å²) < 4.78 is 39.5. The lowest BCUT2D eigenvalue weighted by Crippen LogP contribution is -2.30. The number of hydrogen-bond donors (Lipinski definition) is 2. The first kappa shape index (κ1) is 69.2. The fourth-order valence-electron chi connectivity index (χ4n) is 7.99. The van der Waals surface area contributed by atoms with Crippen molar-refractivity contribution in [2.24, 2.45) is 0 Å². The standard InChI is InChI=1S/C60H107O11P/c1-4-7-10-13-16-19-22-25-26-27-28-29-30-33-36-39-42-45-48-51-60(64)71-57(53-67-58(62)49-46-43-40-37-34-31-23-20-17-14-11-8-5-2)55-69-72(65,66)68-54-56(52-61)70-59(63)50-47-44-41-38-35-32-24-21-18-15-12-9-6-3/h7,10,16,19,21,24-26,28-29,56-57,61H,4-6,8-9,11-15,17-18,20,22-23,27,30-55H2,1-3H3,(H,65,66)/b10-7-,19-16-,24-21-,26-25-,29-28-. The van der Waals surface area contributed by atoms with Crippen molar-refractivity contribution in [3.05, 3.63) is 60.8 Å². The molecule has 0 aromatic rings. The number of aliphatic hydroxyl groups is 1. The van der Waals surface area contributed by atoms with Gasteiger partial charge in [-0.2, -0.15) is 0 Å². The first-order valence-electron chi connectivity index (χ1n) is 29.2. The highest BCUT2D eigenvalue weighted by atomic mass is 31.2. The van der Waals surface area contributed by atoms with Crippen LogP contribution in [0.1, 0.15) is 265 Å². The molecule has 12 heteroatoms. The number of hydrogen-bond acceptors (Lipinski definition) is 10. The maximum Gasteiger partial charge on any atom is 0.472 e. The Morgan fingerprint density at radius 2 is 0.722 bits per heavy atom. The predicted octanol–water partition coefficient (Wildman–Crippen LogP) is 17.1. The van der Waals surface area contributed by atoms with Gasteiger partial charge in [-0.05, 0) is 83.5 Å². The van der Waals surface area contributed by atoms with E-state index in [2.05, 4.69) is 81.5 Å². The van der Waals surface area contributed by atoms with Crippen molar-refractivity contribution in [2.45, 2.75) is 277 Å². The van der Waals surface area contributed by atoms with E-state index in [-0.39, 0.29) is 25.9 Å². The molecule has 0 spiro atoms. The maximum absolute atomic E-state index is 12.9. The number of allylic oxidation sites excluding steroid dienone is 10. The molecule has 11 nitrogen and oxygen atoms in total. The van der Waals surface area contributed by atoms with Gasteiger partial charge in [0, 0.05) is 19.3 Å². The smallest absolute Gasteiger partial charge is 0.462 e. The lowest BCUT2D eigenvalue weighted by Gasteiger charge is -2.21. The average molecular weight is 1040 g/mol. The minimum Gasteiger partial charge on any atom is -0.462 e. The Balaban J connectivity index is 4.73. The molecule has 0 heterocycles. The molecule has 0 amide bonds. The van der Waals surface area contributed by atoms with Crippen LogP contribution in [-0.2, 0) is 42.2 Å². The summed E-state index contributed by atoms with van der Waals surface area (Å²) in [5.41, 5.74) is 0. The molecule has 72 heavy (non-hydrogen) atoms. The maximum atomic E-state index is 12.9. The van der Waals surface area contributed by atoms with Gasteiger partial charge in [0.1, 0.15) is 12.7 Å². The van der Waals surface area contributed by atoms with Crippen LogP contribution in [-0.4, -0.2) is 66.5 Å². The molecule has 0 aliphatic rings. The molecule has 0 bridgehead atoms. The van der Waals surface area contributed by atoms with Gasteiger partial charge in [-0.3, -0.25) is 23.4 Å². The van der Waals surface area contributed by atoms with Gasteiger partial charge >= 0.3 is 25.7 Å². The summed E-state index contributed by atoms with van der Waals surface area (Å²) >= 11 is 0. The van der Waals surface area contributed by atoms with Crippen LogP contribution in [0.4, 0.5) is 0 Å². The Morgan fingerprint density at radius 3 is 1.14 bits per heavy atom. The topological polar surface area (TPSA) is 155 Å². The summed E-state index contributed by atoms with van der Waals surface area (Å²) in [6, 6.07) is 0. The van der Waals surface area contributed by atoms with Gasteiger partial charge in [-0.15, -0.1) is 0 Å². The number of carbonyl (C=O) groups excluding carboxylic acids is 3. The summed E-state index contributed by atoms with van der Waals surface area (Å²) in [7, 11) is -4.75. The second-order valence-corrected chi connectivity index (χ2v) is 20.9. The molecule has 3 atom stereocenters. The highest BCUT2D eigenvalue weighted by Gasteiger charge is 2.28.